The lowest BCUT2D eigenvalue weighted by molar-refractivity contribution is -0.385. The number of aryl methyl sites for hydroxylation is 2. The molecular weight excluding hydrogens is 266 g/mol. The second kappa shape index (κ2) is 5.25. The summed E-state index contributed by atoms with van der Waals surface area (Å²) in [5.41, 5.74) is 4.13. The fraction of sp³-hybridized carbons (Fsp3) is 0.188. The summed E-state index contributed by atoms with van der Waals surface area (Å²) < 4.78 is 0. The number of benzene rings is 2. The highest BCUT2D eigenvalue weighted by Gasteiger charge is 2.15. The molecule has 0 radical (unpaired) electrons. The molecule has 5 heteroatoms. The molecule has 0 heterocycles. The Morgan fingerprint density at radius 3 is 2.57 bits per heavy atom. The lowest BCUT2D eigenvalue weighted by Gasteiger charge is -2.09. The van der Waals surface area contributed by atoms with Gasteiger partial charge in [-0.3, -0.25) is 10.1 Å². The number of hydrogen-bond donors (Lipinski definition) is 1. The molecule has 1 N–H and O–H groups in total. The van der Waals surface area contributed by atoms with E-state index in [2.05, 4.69) is 17.4 Å². The van der Waals surface area contributed by atoms with Gasteiger partial charge in [0.15, 0.2) is 0 Å². The van der Waals surface area contributed by atoms with Gasteiger partial charge < -0.3 is 5.32 Å². The third-order valence-corrected chi connectivity index (χ3v) is 3.70. The number of fused-ring (bicyclic) bond motifs is 1. The molecule has 0 aliphatic heterocycles. The number of nitro groups is 1. The van der Waals surface area contributed by atoms with E-state index in [0.717, 1.165) is 18.5 Å². The van der Waals surface area contributed by atoms with Crippen LogP contribution in [0.3, 0.4) is 0 Å². The smallest absolute Gasteiger partial charge is 0.289 e. The minimum Gasteiger partial charge on any atom is -0.355 e. The first kappa shape index (κ1) is 13.1. The zero-order valence-electron chi connectivity index (χ0n) is 11.3. The monoisotopic (exact) mass is 279 g/mol. The Morgan fingerprint density at radius 1 is 1.10 bits per heavy atom. The van der Waals surface area contributed by atoms with Crippen LogP contribution in [0.15, 0.2) is 36.4 Å². The number of nitrogens with one attached hydrogen (secondary N) is 1. The molecule has 3 rings (SSSR count). The number of hydrogen-bond acceptors (Lipinski definition) is 4. The third-order valence-electron chi connectivity index (χ3n) is 3.70. The quantitative estimate of drug-likeness (QED) is 0.686. The molecule has 0 bridgehead atoms. The molecule has 5 nitrogen and oxygen atoms in total. The summed E-state index contributed by atoms with van der Waals surface area (Å²) in [7, 11) is 0. The van der Waals surface area contributed by atoms with Gasteiger partial charge >= 0.3 is 0 Å². The Labute approximate surface area is 122 Å². The molecule has 0 aromatic heterocycles. The predicted octanol–water partition coefficient (Wildman–Crippen LogP) is 3.70. The third kappa shape index (κ3) is 2.56. The van der Waals surface area contributed by atoms with Crippen LogP contribution in [0.25, 0.3) is 0 Å². The van der Waals surface area contributed by atoms with E-state index in [1.165, 1.54) is 29.7 Å². The largest absolute Gasteiger partial charge is 0.355 e. The van der Waals surface area contributed by atoms with Gasteiger partial charge in [0.2, 0.25) is 0 Å². The number of rotatable bonds is 3. The maximum Gasteiger partial charge on any atom is 0.289 e. The number of anilines is 2. The van der Waals surface area contributed by atoms with Crippen LogP contribution in [-0.4, -0.2) is 4.92 Å². The number of nitriles is 1. The molecule has 21 heavy (non-hydrogen) atoms. The van der Waals surface area contributed by atoms with Crippen molar-refractivity contribution in [3.8, 4) is 6.07 Å². The normalized spacial score (nSPS) is 12.5. The van der Waals surface area contributed by atoms with Crippen molar-refractivity contribution in [2.45, 2.75) is 19.3 Å². The first-order valence-electron chi connectivity index (χ1n) is 6.75. The molecule has 2 aromatic rings. The van der Waals surface area contributed by atoms with Gasteiger partial charge in [-0.25, -0.2) is 0 Å². The maximum atomic E-state index is 11.0. The lowest BCUT2D eigenvalue weighted by atomic mass is 10.1. The molecule has 0 spiro atoms. The Hall–Kier alpha value is -2.87. The van der Waals surface area contributed by atoms with Gasteiger partial charge in [0.05, 0.1) is 4.92 Å². The first-order chi connectivity index (χ1) is 10.2. The zero-order chi connectivity index (χ0) is 14.8. The minimum atomic E-state index is -0.535. The topological polar surface area (TPSA) is 79.0 Å². The van der Waals surface area contributed by atoms with Crippen LogP contribution in [0.4, 0.5) is 17.1 Å². The van der Waals surface area contributed by atoms with E-state index >= 15 is 0 Å². The van der Waals surface area contributed by atoms with Crippen LogP contribution in [0.5, 0.6) is 0 Å². The summed E-state index contributed by atoms with van der Waals surface area (Å²) in [5, 5.41) is 23.0. The molecule has 2 aromatic carbocycles. The highest BCUT2D eigenvalue weighted by Crippen LogP contribution is 2.28. The summed E-state index contributed by atoms with van der Waals surface area (Å²) in [6.07, 6.45) is 3.39. The van der Waals surface area contributed by atoms with E-state index < -0.39 is 4.92 Å². The van der Waals surface area contributed by atoms with Crippen LogP contribution in [-0.2, 0) is 12.8 Å². The molecule has 0 unspecified atom stereocenters. The second-order valence-electron chi connectivity index (χ2n) is 5.06. The summed E-state index contributed by atoms with van der Waals surface area (Å²) >= 11 is 0. The Balaban J connectivity index is 1.90. The second-order valence-corrected chi connectivity index (χ2v) is 5.06. The number of nitrogens with zero attached hydrogens (tertiary/aromatic N) is 2. The summed E-state index contributed by atoms with van der Waals surface area (Å²) in [6, 6.07) is 12.5. The molecule has 0 fully saturated rings. The van der Waals surface area contributed by atoms with E-state index in [-0.39, 0.29) is 11.3 Å². The van der Waals surface area contributed by atoms with Gasteiger partial charge in [-0.2, -0.15) is 5.26 Å². The average molecular weight is 279 g/mol. The summed E-state index contributed by atoms with van der Waals surface area (Å²) in [4.78, 5) is 10.4. The zero-order valence-corrected chi connectivity index (χ0v) is 11.3. The lowest BCUT2D eigenvalue weighted by Crippen LogP contribution is -1.96. The van der Waals surface area contributed by atoms with Crippen LogP contribution in [0, 0.1) is 21.4 Å². The molecule has 104 valence electrons. The highest BCUT2D eigenvalue weighted by molar-refractivity contribution is 5.66. The molecule has 0 amide bonds. The first-order valence-corrected chi connectivity index (χ1v) is 6.75. The van der Waals surface area contributed by atoms with Gasteiger partial charge in [0, 0.05) is 17.4 Å². The van der Waals surface area contributed by atoms with Crippen molar-refractivity contribution < 1.29 is 4.92 Å². The van der Waals surface area contributed by atoms with Gasteiger partial charge in [-0.15, -0.1) is 0 Å². The van der Waals surface area contributed by atoms with Crippen LogP contribution >= 0.6 is 0 Å². The van der Waals surface area contributed by atoms with Crippen molar-refractivity contribution in [3.05, 3.63) is 63.2 Å². The van der Waals surface area contributed by atoms with Crippen LogP contribution in [0.1, 0.15) is 23.1 Å². The Morgan fingerprint density at radius 2 is 1.81 bits per heavy atom. The van der Waals surface area contributed by atoms with Crippen molar-refractivity contribution in [3.63, 3.8) is 0 Å². The van der Waals surface area contributed by atoms with Crippen LogP contribution < -0.4 is 5.32 Å². The van der Waals surface area contributed by atoms with E-state index in [0.29, 0.717) is 5.69 Å². The van der Waals surface area contributed by atoms with E-state index in [1.807, 2.05) is 12.1 Å². The predicted molar refractivity (Wildman–Crippen MR) is 79.6 cm³/mol. The summed E-state index contributed by atoms with van der Waals surface area (Å²) in [6.45, 7) is 0. The van der Waals surface area contributed by atoms with Crippen molar-refractivity contribution >= 4 is 17.1 Å². The molecule has 0 atom stereocenters. The van der Waals surface area contributed by atoms with Crippen molar-refractivity contribution in [1.82, 2.24) is 0 Å². The number of nitro benzene ring substituents is 1. The fourth-order valence-corrected chi connectivity index (χ4v) is 2.67. The van der Waals surface area contributed by atoms with Crippen molar-refractivity contribution in [2.75, 3.05) is 5.32 Å². The molecular formula is C16H13N3O2. The fourth-order valence-electron chi connectivity index (χ4n) is 2.67. The van der Waals surface area contributed by atoms with Gasteiger partial charge in [0.1, 0.15) is 11.6 Å². The highest BCUT2D eigenvalue weighted by atomic mass is 16.6. The van der Waals surface area contributed by atoms with Crippen molar-refractivity contribution in [2.24, 2.45) is 0 Å². The maximum absolute atomic E-state index is 11.0. The average Bonchev–Trinajstić information content (AvgIpc) is 2.94. The molecule has 1 aliphatic carbocycles. The van der Waals surface area contributed by atoms with E-state index in [1.54, 1.807) is 6.07 Å². The summed E-state index contributed by atoms with van der Waals surface area (Å²) in [5.74, 6) is 0. The molecule has 1 aliphatic rings. The van der Waals surface area contributed by atoms with Crippen LogP contribution in [0.2, 0.25) is 0 Å². The molecule has 0 saturated carbocycles. The van der Waals surface area contributed by atoms with E-state index in [4.69, 9.17) is 5.26 Å². The van der Waals surface area contributed by atoms with E-state index in [9.17, 15) is 10.1 Å². The SMILES string of the molecule is N#Cc1ccc(Nc2ccc3c(c2)CCC3)cc1[N+](=O)[O-]. The van der Waals surface area contributed by atoms with Crippen molar-refractivity contribution in [1.29, 1.82) is 5.26 Å². The van der Waals surface area contributed by atoms with Gasteiger partial charge in [-0.1, -0.05) is 6.07 Å². The standard InChI is InChI=1S/C16H13N3O2/c17-10-13-5-7-15(9-16(13)19(20)21)18-14-6-4-11-2-1-3-12(11)8-14/h4-9,18H,1-3H2. The minimum absolute atomic E-state index is 0.0690. The Bertz CT molecular complexity index is 763. The molecule has 0 saturated heterocycles. The Kier molecular flexibility index (Phi) is 3.28. The van der Waals surface area contributed by atoms with Gasteiger partial charge in [-0.05, 0) is 54.7 Å². The van der Waals surface area contributed by atoms with Gasteiger partial charge in [0.25, 0.3) is 5.69 Å².